The van der Waals surface area contributed by atoms with Crippen LogP contribution in [0.3, 0.4) is 0 Å². The van der Waals surface area contributed by atoms with E-state index in [9.17, 15) is 4.79 Å². The SMILES string of the molecule is COc1ccc2nc(N=Cc3c(C)[nH]n(-c4ccc(Cl)cc4)c3=O)sc2c1. The molecule has 0 amide bonds. The van der Waals surface area contributed by atoms with Crippen molar-refractivity contribution < 1.29 is 4.74 Å². The number of hydrogen-bond acceptors (Lipinski definition) is 5. The van der Waals surface area contributed by atoms with Crippen molar-refractivity contribution in [1.29, 1.82) is 0 Å². The van der Waals surface area contributed by atoms with Gasteiger partial charge >= 0.3 is 0 Å². The van der Waals surface area contributed by atoms with Crippen LogP contribution in [-0.2, 0) is 0 Å². The van der Waals surface area contributed by atoms with E-state index in [4.69, 9.17) is 16.3 Å². The average Bonchev–Trinajstić information content (AvgIpc) is 3.20. The summed E-state index contributed by atoms with van der Waals surface area (Å²) in [6.07, 6.45) is 1.55. The number of aromatic amines is 1. The molecule has 0 bridgehead atoms. The van der Waals surface area contributed by atoms with Crippen molar-refractivity contribution >= 4 is 44.5 Å². The molecule has 0 saturated heterocycles. The first-order valence-corrected chi connectivity index (χ1v) is 9.31. The largest absolute Gasteiger partial charge is 0.497 e. The molecular weight excluding hydrogens is 384 g/mol. The van der Waals surface area contributed by atoms with Crippen molar-refractivity contribution in [3.63, 3.8) is 0 Å². The van der Waals surface area contributed by atoms with Crippen LogP contribution in [0.5, 0.6) is 5.75 Å². The maximum atomic E-state index is 12.7. The van der Waals surface area contributed by atoms with Gasteiger partial charge in [-0.05, 0) is 49.4 Å². The van der Waals surface area contributed by atoms with Crippen LogP contribution in [0.2, 0.25) is 5.02 Å². The normalized spacial score (nSPS) is 11.5. The van der Waals surface area contributed by atoms with Crippen LogP contribution < -0.4 is 10.3 Å². The van der Waals surface area contributed by atoms with Gasteiger partial charge in [-0.1, -0.05) is 22.9 Å². The van der Waals surface area contributed by atoms with Crippen LogP contribution >= 0.6 is 22.9 Å². The molecule has 0 aliphatic rings. The van der Waals surface area contributed by atoms with Crippen molar-refractivity contribution in [2.75, 3.05) is 7.11 Å². The molecule has 0 atom stereocenters. The molecule has 27 heavy (non-hydrogen) atoms. The molecule has 4 rings (SSSR count). The van der Waals surface area contributed by atoms with Gasteiger partial charge in [-0.2, -0.15) is 0 Å². The van der Waals surface area contributed by atoms with Gasteiger partial charge in [0.2, 0.25) is 5.13 Å². The Morgan fingerprint density at radius 2 is 2.04 bits per heavy atom. The van der Waals surface area contributed by atoms with Crippen molar-refractivity contribution in [3.05, 3.63) is 69.1 Å². The summed E-state index contributed by atoms with van der Waals surface area (Å²) in [6, 6.07) is 12.7. The Kier molecular flexibility index (Phi) is 4.55. The van der Waals surface area contributed by atoms with Crippen LogP contribution in [0.1, 0.15) is 11.3 Å². The highest BCUT2D eigenvalue weighted by atomic mass is 35.5. The third kappa shape index (κ3) is 3.39. The van der Waals surface area contributed by atoms with Crippen molar-refractivity contribution in [3.8, 4) is 11.4 Å². The number of aromatic nitrogens is 3. The van der Waals surface area contributed by atoms with E-state index < -0.39 is 0 Å². The van der Waals surface area contributed by atoms with E-state index in [0.29, 0.717) is 21.4 Å². The lowest BCUT2D eigenvalue weighted by atomic mass is 10.3. The average molecular weight is 399 g/mol. The molecule has 0 spiro atoms. The van der Waals surface area contributed by atoms with Gasteiger partial charge in [0.15, 0.2) is 0 Å². The van der Waals surface area contributed by atoms with E-state index >= 15 is 0 Å². The molecule has 0 unspecified atom stereocenters. The lowest BCUT2D eigenvalue weighted by molar-refractivity contribution is 0.415. The molecule has 2 aromatic heterocycles. The molecule has 4 aromatic rings. The number of H-pyrrole nitrogens is 1. The second kappa shape index (κ2) is 7.02. The summed E-state index contributed by atoms with van der Waals surface area (Å²) in [5, 5.41) is 4.26. The van der Waals surface area contributed by atoms with Gasteiger partial charge in [0, 0.05) is 16.9 Å². The lowest BCUT2D eigenvalue weighted by Crippen LogP contribution is -2.17. The topological polar surface area (TPSA) is 72.3 Å². The molecule has 136 valence electrons. The monoisotopic (exact) mass is 398 g/mol. The molecular formula is C19H15ClN4O2S. The minimum atomic E-state index is -0.179. The molecule has 0 aliphatic carbocycles. The summed E-state index contributed by atoms with van der Waals surface area (Å²) >= 11 is 7.35. The fraction of sp³-hybridized carbons (Fsp3) is 0.105. The number of aryl methyl sites for hydroxylation is 1. The lowest BCUT2D eigenvalue weighted by Gasteiger charge is -2.00. The van der Waals surface area contributed by atoms with Crippen molar-refractivity contribution in [2.24, 2.45) is 4.99 Å². The third-order valence-corrected chi connectivity index (χ3v) is 5.27. The quantitative estimate of drug-likeness (QED) is 0.514. The van der Waals surface area contributed by atoms with Gasteiger partial charge in [0.1, 0.15) is 5.75 Å². The zero-order chi connectivity index (χ0) is 19.0. The van der Waals surface area contributed by atoms with Crippen molar-refractivity contribution in [1.82, 2.24) is 14.8 Å². The summed E-state index contributed by atoms with van der Waals surface area (Å²) < 4.78 is 7.67. The van der Waals surface area contributed by atoms with Crippen LogP contribution in [0.4, 0.5) is 5.13 Å². The Morgan fingerprint density at radius 1 is 1.26 bits per heavy atom. The number of methoxy groups -OCH3 is 1. The van der Waals surface area contributed by atoms with Gasteiger partial charge in [0.25, 0.3) is 5.56 Å². The van der Waals surface area contributed by atoms with E-state index in [1.807, 2.05) is 25.1 Å². The predicted molar refractivity (Wildman–Crippen MR) is 110 cm³/mol. The second-order valence-electron chi connectivity index (χ2n) is 5.86. The predicted octanol–water partition coefficient (Wildman–Crippen LogP) is 4.50. The first-order chi connectivity index (χ1) is 13.0. The number of ether oxygens (including phenoxy) is 1. The molecule has 6 nitrogen and oxygen atoms in total. The zero-order valence-corrected chi connectivity index (χ0v) is 16.1. The molecule has 2 heterocycles. The van der Waals surface area contributed by atoms with Crippen LogP contribution in [0, 0.1) is 6.92 Å². The Bertz CT molecular complexity index is 1200. The number of nitrogens with zero attached hydrogens (tertiary/aromatic N) is 3. The minimum Gasteiger partial charge on any atom is -0.497 e. The molecule has 2 aromatic carbocycles. The number of benzene rings is 2. The summed E-state index contributed by atoms with van der Waals surface area (Å²) in [6.45, 7) is 1.83. The number of rotatable bonds is 4. The van der Waals surface area contributed by atoms with Gasteiger partial charge in [-0.25, -0.2) is 14.7 Å². The highest BCUT2D eigenvalue weighted by molar-refractivity contribution is 7.22. The van der Waals surface area contributed by atoms with Gasteiger partial charge in [-0.15, -0.1) is 0 Å². The molecule has 0 aliphatic heterocycles. The van der Waals surface area contributed by atoms with E-state index in [1.54, 1.807) is 37.6 Å². The number of aliphatic imine (C=N–C) groups is 1. The summed E-state index contributed by atoms with van der Waals surface area (Å²) in [5.74, 6) is 0.772. The van der Waals surface area contributed by atoms with Gasteiger partial charge < -0.3 is 4.74 Å². The Morgan fingerprint density at radius 3 is 2.78 bits per heavy atom. The Hall–Kier alpha value is -2.90. The number of fused-ring (bicyclic) bond motifs is 1. The van der Waals surface area contributed by atoms with Gasteiger partial charge in [0.05, 0.1) is 28.6 Å². The number of halogens is 1. The molecule has 0 fully saturated rings. The molecule has 8 heteroatoms. The van der Waals surface area contributed by atoms with Crippen molar-refractivity contribution in [2.45, 2.75) is 6.92 Å². The maximum Gasteiger partial charge on any atom is 0.280 e. The molecule has 0 radical (unpaired) electrons. The number of nitrogens with one attached hydrogen (secondary N) is 1. The summed E-state index contributed by atoms with van der Waals surface area (Å²) in [5.41, 5.74) is 2.58. The Labute approximate surface area is 163 Å². The van der Waals surface area contributed by atoms with E-state index in [0.717, 1.165) is 21.7 Å². The Balaban J connectivity index is 1.68. The van der Waals surface area contributed by atoms with E-state index in [2.05, 4.69) is 15.1 Å². The first-order valence-electron chi connectivity index (χ1n) is 8.11. The van der Waals surface area contributed by atoms with Crippen LogP contribution in [0.25, 0.3) is 15.9 Å². The van der Waals surface area contributed by atoms with Crippen LogP contribution in [0.15, 0.2) is 52.3 Å². The fourth-order valence-corrected chi connectivity index (χ4v) is 3.64. The van der Waals surface area contributed by atoms with E-state index in [1.165, 1.54) is 16.0 Å². The number of hydrogen-bond donors (Lipinski definition) is 1. The van der Waals surface area contributed by atoms with Gasteiger partial charge in [-0.3, -0.25) is 9.89 Å². The summed E-state index contributed by atoms with van der Waals surface area (Å²) in [4.78, 5) is 21.6. The summed E-state index contributed by atoms with van der Waals surface area (Å²) in [7, 11) is 1.63. The van der Waals surface area contributed by atoms with Crippen LogP contribution in [-0.4, -0.2) is 28.1 Å². The standard InChI is InChI=1S/C19H15ClN4O2S/c1-11-15(18(25)24(23-11)13-5-3-12(20)4-6-13)10-21-19-22-16-8-7-14(26-2)9-17(16)27-19/h3-10,23H,1-2H3. The highest BCUT2D eigenvalue weighted by Crippen LogP contribution is 2.30. The zero-order valence-electron chi connectivity index (χ0n) is 14.6. The minimum absolute atomic E-state index is 0.179. The second-order valence-corrected chi connectivity index (χ2v) is 7.30. The van der Waals surface area contributed by atoms with E-state index in [-0.39, 0.29) is 5.56 Å². The third-order valence-electron chi connectivity index (χ3n) is 4.09. The number of thiazole rings is 1. The maximum absolute atomic E-state index is 12.7. The molecule has 1 N–H and O–H groups in total. The first kappa shape index (κ1) is 17.5. The fourth-order valence-electron chi connectivity index (χ4n) is 2.68. The molecule has 0 saturated carbocycles. The highest BCUT2D eigenvalue weighted by Gasteiger charge is 2.11. The smallest absolute Gasteiger partial charge is 0.280 e.